The molecule has 0 bridgehead atoms. The molecular formula is C12H15ClO3. The van der Waals surface area contributed by atoms with Crippen molar-refractivity contribution in [1.82, 2.24) is 0 Å². The van der Waals surface area contributed by atoms with Gasteiger partial charge < -0.3 is 9.84 Å². The minimum atomic E-state index is -0.766. The number of hydrogen-bond acceptors (Lipinski definition) is 2. The topological polar surface area (TPSA) is 46.5 Å². The minimum Gasteiger partial charge on any atom is -0.494 e. The number of rotatable bonds is 6. The van der Waals surface area contributed by atoms with Gasteiger partial charge in [0.25, 0.3) is 0 Å². The van der Waals surface area contributed by atoms with Crippen LogP contribution in [0.2, 0.25) is 5.02 Å². The standard InChI is InChI=1S/C12H15ClO3/c1-2-9(12(14)15)6-7-16-11-5-3-4-10(13)8-11/h3-5,8-9H,2,6-7H2,1H3,(H,14,15). The van der Waals surface area contributed by atoms with Crippen molar-refractivity contribution in [3.8, 4) is 5.75 Å². The van der Waals surface area contributed by atoms with Gasteiger partial charge in [0.15, 0.2) is 0 Å². The first-order valence-corrected chi connectivity index (χ1v) is 5.62. The summed E-state index contributed by atoms with van der Waals surface area (Å²) < 4.78 is 5.42. The Hall–Kier alpha value is -1.22. The Morgan fingerprint density at radius 3 is 2.88 bits per heavy atom. The summed E-state index contributed by atoms with van der Waals surface area (Å²) in [5.41, 5.74) is 0. The molecule has 1 aromatic carbocycles. The second-order valence-electron chi connectivity index (χ2n) is 3.54. The third kappa shape index (κ3) is 4.11. The smallest absolute Gasteiger partial charge is 0.306 e. The molecule has 0 fully saturated rings. The number of aliphatic carboxylic acids is 1. The molecule has 0 aromatic heterocycles. The van der Waals surface area contributed by atoms with E-state index >= 15 is 0 Å². The van der Waals surface area contributed by atoms with Gasteiger partial charge in [-0.2, -0.15) is 0 Å². The van der Waals surface area contributed by atoms with Gasteiger partial charge in [0.1, 0.15) is 5.75 Å². The Kier molecular flexibility index (Phi) is 5.12. The summed E-state index contributed by atoms with van der Waals surface area (Å²) in [6, 6.07) is 7.07. The fraction of sp³-hybridized carbons (Fsp3) is 0.417. The second-order valence-corrected chi connectivity index (χ2v) is 3.97. The maximum absolute atomic E-state index is 10.8. The number of ether oxygens (including phenoxy) is 1. The Bertz CT molecular complexity index is 352. The third-order valence-corrected chi connectivity index (χ3v) is 2.61. The number of carbonyl (C=O) groups is 1. The fourth-order valence-corrected chi connectivity index (χ4v) is 1.56. The van der Waals surface area contributed by atoms with Crippen molar-refractivity contribution in [3.63, 3.8) is 0 Å². The molecule has 0 saturated carbocycles. The van der Waals surface area contributed by atoms with Gasteiger partial charge >= 0.3 is 5.97 Å². The van der Waals surface area contributed by atoms with Gasteiger partial charge in [-0.25, -0.2) is 0 Å². The highest BCUT2D eigenvalue weighted by Gasteiger charge is 2.14. The largest absolute Gasteiger partial charge is 0.494 e. The van der Waals surface area contributed by atoms with Crippen LogP contribution in [-0.2, 0) is 4.79 Å². The van der Waals surface area contributed by atoms with Crippen molar-refractivity contribution in [2.24, 2.45) is 5.92 Å². The van der Waals surface area contributed by atoms with Crippen LogP contribution < -0.4 is 4.74 Å². The molecule has 0 saturated heterocycles. The SMILES string of the molecule is CCC(CCOc1cccc(Cl)c1)C(=O)O. The van der Waals surface area contributed by atoms with Crippen molar-refractivity contribution in [1.29, 1.82) is 0 Å². The van der Waals surface area contributed by atoms with Gasteiger partial charge in [0.05, 0.1) is 12.5 Å². The van der Waals surface area contributed by atoms with E-state index in [1.54, 1.807) is 24.3 Å². The molecule has 3 nitrogen and oxygen atoms in total. The van der Waals surface area contributed by atoms with Gasteiger partial charge in [0.2, 0.25) is 0 Å². The van der Waals surface area contributed by atoms with Crippen molar-refractivity contribution in [3.05, 3.63) is 29.3 Å². The van der Waals surface area contributed by atoms with Crippen LogP contribution in [0, 0.1) is 5.92 Å². The van der Waals surface area contributed by atoms with Crippen LogP contribution in [0.5, 0.6) is 5.75 Å². The molecule has 1 unspecified atom stereocenters. The van der Waals surface area contributed by atoms with Crippen molar-refractivity contribution >= 4 is 17.6 Å². The van der Waals surface area contributed by atoms with Gasteiger partial charge in [-0.15, -0.1) is 0 Å². The number of halogens is 1. The van der Waals surface area contributed by atoms with E-state index < -0.39 is 5.97 Å². The summed E-state index contributed by atoms with van der Waals surface area (Å²) in [5, 5.41) is 9.45. The van der Waals surface area contributed by atoms with Crippen LogP contribution in [0.4, 0.5) is 0 Å². The van der Waals surface area contributed by atoms with E-state index in [2.05, 4.69) is 0 Å². The highest BCUT2D eigenvalue weighted by Crippen LogP contribution is 2.18. The predicted molar refractivity (Wildman–Crippen MR) is 63.0 cm³/mol. The highest BCUT2D eigenvalue weighted by molar-refractivity contribution is 6.30. The van der Waals surface area contributed by atoms with E-state index in [9.17, 15) is 4.79 Å². The molecule has 0 aliphatic carbocycles. The molecule has 88 valence electrons. The molecule has 0 aliphatic rings. The quantitative estimate of drug-likeness (QED) is 0.833. The molecular weight excluding hydrogens is 228 g/mol. The maximum Gasteiger partial charge on any atom is 0.306 e. The molecule has 0 aliphatic heterocycles. The Morgan fingerprint density at radius 2 is 2.31 bits per heavy atom. The van der Waals surface area contributed by atoms with Gasteiger partial charge in [-0.3, -0.25) is 4.79 Å². The van der Waals surface area contributed by atoms with Gasteiger partial charge in [0, 0.05) is 5.02 Å². The van der Waals surface area contributed by atoms with Gasteiger partial charge in [-0.05, 0) is 31.0 Å². The lowest BCUT2D eigenvalue weighted by molar-refractivity contribution is -0.142. The molecule has 0 radical (unpaired) electrons. The number of benzene rings is 1. The molecule has 16 heavy (non-hydrogen) atoms. The van der Waals surface area contributed by atoms with Crippen molar-refractivity contribution in [2.75, 3.05) is 6.61 Å². The molecule has 4 heteroatoms. The lowest BCUT2D eigenvalue weighted by atomic mass is 10.0. The van der Waals surface area contributed by atoms with Crippen LogP contribution in [0.1, 0.15) is 19.8 Å². The normalized spacial score (nSPS) is 12.1. The fourth-order valence-electron chi connectivity index (χ4n) is 1.38. The summed E-state index contributed by atoms with van der Waals surface area (Å²) in [4.78, 5) is 10.8. The molecule has 1 atom stereocenters. The zero-order valence-electron chi connectivity index (χ0n) is 9.15. The van der Waals surface area contributed by atoms with E-state index in [1.807, 2.05) is 6.92 Å². The minimum absolute atomic E-state index is 0.334. The van der Waals surface area contributed by atoms with Crippen LogP contribution in [-0.4, -0.2) is 17.7 Å². The first-order chi connectivity index (χ1) is 7.63. The predicted octanol–water partition coefficient (Wildman–Crippen LogP) is 3.22. The number of hydrogen-bond donors (Lipinski definition) is 1. The third-order valence-electron chi connectivity index (χ3n) is 2.37. The van der Waals surface area contributed by atoms with Gasteiger partial charge in [-0.1, -0.05) is 24.6 Å². The maximum atomic E-state index is 10.8. The monoisotopic (exact) mass is 242 g/mol. The van der Waals surface area contributed by atoms with Crippen LogP contribution in [0.25, 0.3) is 0 Å². The summed E-state index contributed by atoms with van der Waals surface area (Å²) in [6.45, 7) is 2.25. The first kappa shape index (κ1) is 12.8. The van der Waals surface area contributed by atoms with Crippen LogP contribution in [0.3, 0.4) is 0 Å². The summed E-state index contributed by atoms with van der Waals surface area (Å²) in [7, 11) is 0. The lowest BCUT2D eigenvalue weighted by Gasteiger charge is -2.10. The van der Waals surface area contributed by atoms with E-state index in [4.69, 9.17) is 21.4 Å². The molecule has 0 amide bonds. The number of carboxylic acids is 1. The van der Waals surface area contributed by atoms with E-state index in [1.165, 1.54) is 0 Å². The van der Waals surface area contributed by atoms with Crippen molar-refractivity contribution < 1.29 is 14.6 Å². The average Bonchev–Trinajstić information content (AvgIpc) is 2.24. The molecule has 0 spiro atoms. The Balaban J connectivity index is 2.38. The zero-order valence-corrected chi connectivity index (χ0v) is 9.91. The Labute approximate surface area is 100.0 Å². The molecule has 1 aromatic rings. The summed E-state index contributed by atoms with van der Waals surface area (Å²) in [5.74, 6) is -0.427. The molecule has 1 N–H and O–H groups in total. The molecule has 1 rings (SSSR count). The van der Waals surface area contributed by atoms with Crippen LogP contribution in [0.15, 0.2) is 24.3 Å². The second kappa shape index (κ2) is 6.38. The Morgan fingerprint density at radius 1 is 1.56 bits per heavy atom. The van der Waals surface area contributed by atoms with Crippen molar-refractivity contribution in [2.45, 2.75) is 19.8 Å². The highest BCUT2D eigenvalue weighted by atomic mass is 35.5. The summed E-state index contributed by atoms with van der Waals surface area (Å²) in [6.07, 6.45) is 1.13. The van der Waals surface area contributed by atoms with E-state index in [-0.39, 0.29) is 5.92 Å². The van der Waals surface area contributed by atoms with E-state index in [0.717, 1.165) is 0 Å². The van der Waals surface area contributed by atoms with E-state index in [0.29, 0.717) is 30.2 Å². The number of carboxylic acid groups (broad SMARTS) is 1. The van der Waals surface area contributed by atoms with Crippen LogP contribution >= 0.6 is 11.6 Å². The molecule has 0 heterocycles. The zero-order chi connectivity index (χ0) is 12.0. The first-order valence-electron chi connectivity index (χ1n) is 5.24. The average molecular weight is 243 g/mol. The summed E-state index contributed by atoms with van der Waals surface area (Å²) >= 11 is 5.79. The lowest BCUT2D eigenvalue weighted by Crippen LogP contribution is -2.15.